The van der Waals surface area contributed by atoms with Crippen molar-refractivity contribution in [3.8, 4) is 0 Å². The normalized spacial score (nSPS) is 19.7. The van der Waals surface area contributed by atoms with Gasteiger partial charge >= 0.3 is 5.97 Å². The standard InChI is InChI=1S/C14H16BrNO2/c1-10-3-2-8-16(10)12-6-4-11(13(15)9-12)5-7-14(17)18/h4-7,9-10H,2-3,8H2,1H3,(H,17,18)/b7-5+. The van der Waals surface area contributed by atoms with Gasteiger partial charge in [0.1, 0.15) is 0 Å². The van der Waals surface area contributed by atoms with Crippen LogP contribution in [-0.2, 0) is 4.79 Å². The number of rotatable bonds is 3. The van der Waals surface area contributed by atoms with E-state index in [4.69, 9.17) is 5.11 Å². The molecule has 1 saturated heterocycles. The summed E-state index contributed by atoms with van der Waals surface area (Å²) in [6.07, 6.45) is 5.22. The highest BCUT2D eigenvalue weighted by Crippen LogP contribution is 2.29. The Balaban J connectivity index is 2.22. The van der Waals surface area contributed by atoms with E-state index >= 15 is 0 Å². The van der Waals surface area contributed by atoms with E-state index in [1.165, 1.54) is 18.5 Å². The second kappa shape index (κ2) is 5.57. The molecule has 3 nitrogen and oxygen atoms in total. The van der Waals surface area contributed by atoms with Crippen LogP contribution < -0.4 is 4.90 Å². The van der Waals surface area contributed by atoms with Crippen molar-refractivity contribution in [3.05, 3.63) is 34.3 Å². The van der Waals surface area contributed by atoms with Crippen LogP contribution in [0.15, 0.2) is 28.7 Å². The molecule has 0 aromatic heterocycles. The van der Waals surface area contributed by atoms with Gasteiger partial charge in [-0.05, 0) is 43.5 Å². The molecule has 1 unspecified atom stereocenters. The van der Waals surface area contributed by atoms with Crippen LogP contribution in [0.3, 0.4) is 0 Å². The van der Waals surface area contributed by atoms with Gasteiger partial charge in [0, 0.05) is 28.8 Å². The molecule has 1 fully saturated rings. The molecule has 18 heavy (non-hydrogen) atoms. The first-order valence-corrected chi connectivity index (χ1v) is 6.84. The van der Waals surface area contributed by atoms with Crippen LogP contribution >= 0.6 is 15.9 Å². The summed E-state index contributed by atoms with van der Waals surface area (Å²) in [7, 11) is 0. The number of anilines is 1. The topological polar surface area (TPSA) is 40.5 Å². The molecule has 1 aliphatic heterocycles. The Morgan fingerprint density at radius 2 is 2.33 bits per heavy atom. The zero-order chi connectivity index (χ0) is 13.1. The van der Waals surface area contributed by atoms with Crippen LogP contribution in [-0.4, -0.2) is 23.7 Å². The molecule has 0 aliphatic carbocycles. The van der Waals surface area contributed by atoms with Gasteiger partial charge < -0.3 is 10.0 Å². The molecule has 0 spiro atoms. The van der Waals surface area contributed by atoms with Gasteiger partial charge in [0.25, 0.3) is 0 Å². The van der Waals surface area contributed by atoms with Gasteiger partial charge in [-0.15, -0.1) is 0 Å². The van der Waals surface area contributed by atoms with Crippen molar-refractivity contribution < 1.29 is 9.90 Å². The molecule has 4 heteroatoms. The Bertz CT molecular complexity index is 485. The highest BCUT2D eigenvalue weighted by Gasteiger charge is 2.20. The first-order valence-electron chi connectivity index (χ1n) is 6.05. The number of halogens is 1. The van der Waals surface area contributed by atoms with Gasteiger partial charge in [0.05, 0.1) is 0 Å². The number of carboxylic acids is 1. The van der Waals surface area contributed by atoms with Crippen LogP contribution in [0.2, 0.25) is 0 Å². The van der Waals surface area contributed by atoms with Crippen molar-refractivity contribution in [1.29, 1.82) is 0 Å². The van der Waals surface area contributed by atoms with E-state index in [9.17, 15) is 4.79 Å². The molecule has 0 saturated carbocycles. The maximum Gasteiger partial charge on any atom is 0.328 e. The summed E-state index contributed by atoms with van der Waals surface area (Å²) in [5, 5.41) is 8.62. The molecule has 0 bridgehead atoms. The lowest BCUT2D eigenvalue weighted by atomic mass is 10.1. The molecule has 0 radical (unpaired) electrons. The fourth-order valence-corrected chi connectivity index (χ4v) is 2.81. The molecule has 1 aliphatic rings. The third kappa shape index (κ3) is 2.93. The molecule has 1 heterocycles. The first-order chi connectivity index (χ1) is 8.58. The van der Waals surface area contributed by atoms with Gasteiger partial charge in [0.2, 0.25) is 0 Å². The number of carboxylic acid groups (broad SMARTS) is 1. The molecule has 1 atom stereocenters. The minimum absolute atomic E-state index is 0.581. The molecule has 2 rings (SSSR count). The third-order valence-corrected chi connectivity index (χ3v) is 3.96. The van der Waals surface area contributed by atoms with Crippen LogP contribution in [0.5, 0.6) is 0 Å². The second-order valence-electron chi connectivity index (χ2n) is 4.56. The Morgan fingerprint density at radius 1 is 1.56 bits per heavy atom. The molecular weight excluding hydrogens is 294 g/mol. The lowest BCUT2D eigenvalue weighted by molar-refractivity contribution is -0.131. The summed E-state index contributed by atoms with van der Waals surface area (Å²) < 4.78 is 0.927. The fraction of sp³-hybridized carbons (Fsp3) is 0.357. The number of benzene rings is 1. The van der Waals surface area contributed by atoms with E-state index in [0.717, 1.165) is 22.7 Å². The van der Waals surface area contributed by atoms with Crippen molar-refractivity contribution in [2.24, 2.45) is 0 Å². The average Bonchev–Trinajstić information content (AvgIpc) is 2.73. The van der Waals surface area contributed by atoms with Crippen LogP contribution in [0.1, 0.15) is 25.3 Å². The van der Waals surface area contributed by atoms with Crippen LogP contribution in [0, 0.1) is 0 Å². The predicted molar refractivity (Wildman–Crippen MR) is 76.9 cm³/mol. The maximum absolute atomic E-state index is 10.5. The minimum atomic E-state index is -0.931. The molecule has 1 aromatic rings. The smallest absolute Gasteiger partial charge is 0.328 e. The second-order valence-corrected chi connectivity index (χ2v) is 5.42. The van der Waals surface area contributed by atoms with Gasteiger partial charge in [0.15, 0.2) is 0 Å². The number of hydrogen-bond acceptors (Lipinski definition) is 2. The minimum Gasteiger partial charge on any atom is -0.478 e. The summed E-state index contributed by atoms with van der Waals surface area (Å²) in [4.78, 5) is 12.9. The molecule has 1 N–H and O–H groups in total. The van der Waals surface area contributed by atoms with E-state index in [1.54, 1.807) is 6.08 Å². The predicted octanol–water partition coefficient (Wildman–Crippen LogP) is 3.54. The van der Waals surface area contributed by atoms with Crippen molar-refractivity contribution in [2.45, 2.75) is 25.8 Å². The quantitative estimate of drug-likeness (QED) is 0.868. The van der Waals surface area contributed by atoms with Crippen LogP contribution in [0.4, 0.5) is 5.69 Å². The van der Waals surface area contributed by atoms with Gasteiger partial charge in [-0.3, -0.25) is 0 Å². The van der Waals surface area contributed by atoms with E-state index in [0.29, 0.717) is 6.04 Å². The molecule has 0 amide bonds. The third-order valence-electron chi connectivity index (χ3n) is 3.27. The van der Waals surface area contributed by atoms with Crippen molar-refractivity contribution in [3.63, 3.8) is 0 Å². The maximum atomic E-state index is 10.5. The number of nitrogens with zero attached hydrogens (tertiary/aromatic N) is 1. The Labute approximate surface area is 115 Å². The summed E-state index contributed by atoms with van der Waals surface area (Å²) in [6.45, 7) is 3.33. The van der Waals surface area contributed by atoms with Crippen molar-refractivity contribution >= 4 is 33.7 Å². The van der Waals surface area contributed by atoms with E-state index in [2.05, 4.69) is 33.8 Å². The largest absolute Gasteiger partial charge is 0.478 e. The Morgan fingerprint density at radius 3 is 2.89 bits per heavy atom. The summed E-state index contributed by atoms with van der Waals surface area (Å²) in [5.74, 6) is -0.931. The van der Waals surface area contributed by atoms with Gasteiger partial charge in [-0.1, -0.05) is 22.0 Å². The van der Waals surface area contributed by atoms with Gasteiger partial charge in [-0.25, -0.2) is 4.79 Å². The Kier molecular flexibility index (Phi) is 4.07. The summed E-state index contributed by atoms with van der Waals surface area (Å²) in [6, 6.07) is 6.64. The lowest BCUT2D eigenvalue weighted by Gasteiger charge is -2.24. The lowest BCUT2D eigenvalue weighted by Crippen LogP contribution is -2.26. The molecule has 96 valence electrons. The Hall–Kier alpha value is -1.29. The number of hydrogen-bond donors (Lipinski definition) is 1. The van der Waals surface area contributed by atoms with Gasteiger partial charge in [-0.2, -0.15) is 0 Å². The number of carbonyl (C=O) groups is 1. The monoisotopic (exact) mass is 309 g/mol. The van der Waals surface area contributed by atoms with Crippen molar-refractivity contribution in [1.82, 2.24) is 0 Å². The summed E-state index contributed by atoms with van der Waals surface area (Å²) >= 11 is 3.49. The van der Waals surface area contributed by atoms with Crippen molar-refractivity contribution in [2.75, 3.05) is 11.4 Å². The summed E-state index contributed by atoms with van der Waals surface area (Å²) in [5.41, 5.74) is 2.08. The zero-order valence-electron chi connectivity index (χ0n) is 10.3. The SMILES string of the molecule is CC1CCCN1c1ccc(/C=C/C(=O)O)c(Br)c1. The first kappa shape index (κ1) is 13.1. The average molecular weight is 310 g/mol. The molecular formula is C14H16BrNO2. The van der Waals surface area contributed by atoms with E-state index < -0.39 is 5.97 Å². The highest BCUT2D eigenvalue weighted by molar-refractivity contribution is 9.10. The van der Waals surface area contributed by atoms with E-state index in [-0.39, 0.29) is 0 Å². The number of aliphatic carboxylic acids is 1. The van der Waals surface area contributed by atoms with Crippen LogP contribution in [0.25, 0.3) is 6.08 Å². The zero-order valence-corrected chi connectivity index (χ0v) is 11.9. The highest BCUT2D eigenvalue weighted by atomic mass is 79.9. The fourth-order valence-electron chi connectivity index (χ4n) is 2.31. The van der Waals surface area contributed by atoms with E-state index in [1.807, 2.05) is 12.1 Å². The molecule has 1 aromatic carbocycles.